The fourth-order valence-electron chi connectivity index (χ4n) is 3.12. The minimum absolute atomic E-state index is 0.987. The second kappa shape index (κ2) is 5.06. The molecule has 0 heterocycles. The van der Waals surface area contributed by atoms with Crippen LogP contribution in [0.15, 0.2) is 78.9 Å². The molecule has 0 N–H and O–H groups in total. The number of allylic oxidation sites excluding steroid dienone is 1. The molecule has 0 bridgehead atoms. The van der Waals surface area contributed by atoms with Crippen LogP contribution >= 0.6 is 0 Å². The molecule has 21 heavy (non-hydrogen) atoms. The summed E-state index contributed by atoms with van der Waals surface area (Å²) >= 11 is 0. The summed E-state index contributed by atoms with van der Waals surface area (Å²) in [7, 11) is 0. The highest BCUT2D eigenvalue weighted by Gasteiger charge is 2.22. The number of hydrogen-bond donors (Lipinski definition) is 0. The zero-order valence-electron chi connectivity index (χ0n) is 11.7. The molecule has 0 unspecified atom stereocenters. The lowest BCUT2D eigenvalue weighted by molar-refractivity contribution is 1.31. The number of benzene rings is 3. The normalized spacial score (nSPS) is 13.3. The average molecular weight is 267 g/mol. The highest BCUT2D eigenvalue weighted by atomic mass is 14.3. The smallest absolute Gasteiger partial charge is 0.000706 e. The molecule has 0 fully saturated rings. The van der Waals surface area contributed by atoms with Crippen molar-refractivity contribution in [2.24, 2.45) is 0 Å². The number of rotatable bonds is 2. The van der Waals surface area contributed by atoms with Crippen LogP contribution in [0.25, 0.3) is 11.1 Å². The van der Waals surface area contributed by atoms with E-state index in [-0.39, 0.29) is 0 Å². The van der Waals surface area contributed by atoms with Crippen molar-refractivity contribution in [1.29, 1.82) is 0 Å². The van der Waals surface area contributed by atoms with Gasteiger partial charge in [0.05, 0.1) is 0 Å². The van der Waals surface area contributed by atoms with E-state index in [2.05, 4.69) is 78.9 Å². The van der Waals surface area contributed by atoms with Crippen LogP contribution in [0.3, 0.4) is 0 Å². The van der Waals surface area contributed by atoms with Gasteiger partial charge in [-0.1, -0.05) is 78.9 Å². The highest BCUT2D eigenvalue weighted by Crippen LogP contribution is 2.41. The second-order valence-electron chi connectivity index (χ2n) is 5.35. The molecular weight excluding hydrogens is 252 g/mol. The molecule has 0 atom stereocenters. The third-order valence-electron chi connectivity index (χ3n) is 4.07. The van der Waals surface area contributed by atoms with Crippen molar-refractivity contribution in [3.8, 4) is 0 Å². The predicted octanol–water partition coefficient (Wildman–Crippen LogP) is 5.00. The van der Waals surface area contributed by atoms with Crippen LogP contribution < -0.4 is 0 Å². The molecule has 0 saturated carbocycles. The fraction of sp³-hybridized carbons (Fsp3) is 0.0476. The van der Waals surface area contributed by atoms with Crippen molar-refractivity contribution in [3.05, 3.63) is 107 Å². The van der Waals surface area contributed by atoms with Crippen LogP contribution in [0.5, 0.6) is 0 Å². The van der Waals surface area contributed by atoms with E-state index in [0.717, 1.165) is 6.42 Å². The molecule has 3 aromatic rings. The summed E-state index contributed by atoms with van der Waals surface area (Å²) in [6.45, 7) is 0. The lowest BCUT2D eigenvalue weighted by Crippen LogP contribution is -1.88. The Balaban J connectivity index is 1.97. The average Bonchev–Trinajstić information content (AvgIpc) is 2.96. The highest BCUT2D eigenvalue weighted by molar-refractivity contribution is 6.03. The molecule has 1 aliphatic rings. The van der Waals surface area contributed by atoms with Gasteiger partial charge in [0.2, 0.25) is 0 Å². The summed E-state index contributed by atoms with van der Waals surface area (Å²) < 4.78 is 0. The third kappa shape index (κ3) is 2.09. The molecule has 0 aliphatic heterocycles. The van der Waals surface area contributed by atoms with Gasteiger partial charge in [-0.15, -0.1) is 0 Å². The summed E-state index contributed by atoms with van der Waals surface area (Å²) in [5, 5.41) is 0. The zero-order valence-corrected chi connectivity index (χ0v) is 11.7. The Morgan fingerprint density at radius 2 is 1.38 bits per heavy atom. The first-order chi connectivity index (χ1) is 10.4. The van der Waals surface area contributed by atoms with Gasteiger partial charge in [0.1, 0.15) is 0 Å². The van der Waals surface area contributed by atoms with Crippen molar-refractivity contribution in [2.75, 3.05) is 0 Å². The van der Waals surface area contributed by atoms with Gasteiger partial charge in [0.15, 0.2) is 0 Å². The molecule has 0 amide bonds. The van der Waals surface area contributed by atoms with Crippen LogP contribution in [0.4, 0.5) is 0 Å². The summed E-state index contributed by atoms with van der Waals surface area (Å²) in [6.07, 6.45) is 0.987. The largest absolute Gasteiger partial charge is 0.0622 e. The van der Waals surface area contributed by atoms with E-state index in [0.29, 0.717) is 0 Å². The maximum absolute atomic E-state index is 3.21. The summed E-state index contributed by atoms with van der Waals surface area (Å²) in [5.74, 6) is 0. The Hall–Kier alpha value is -2.60. The summed E-state index contributed by atoms with van der Waals surface area (Å²) in [6, 6.07) is 30.9. The van der Waals surface area contributed by atoms with Crippen molar-refractivity contribution < 1.29 is 0 Å². The molecule has 1 radical (unpaired) electrons. The van der Waals surface area contributed by atoms with Crippen LogP contribution in [0.1, 0.15) is 22.3 Å². The molecule has 0 nitrogen and oxygen atoms in total. The molecule has 4 rings (SSSR count). The van der Waals surface area contributed by atoms with E-state index in [1.54, 1.807) is 0 Å². The molecule has 1 aliphatic carbocycles. The molecule has 0 saturated heterocycles. The molecule has 99 valence electrons. The molecule has 3 aromatic carbocycles. The van der Waals surface area contributed by atoms with Crippen molar-refractivity contribution >= 4 is 11.1 Å². The lowest BCUT2D eigenvalue weighted by atomic mass is 9.94. The van der Waals surface area contributed by atoms with Gasteiger partial charge in [0.25, 0.3) is 0 Å². The first kappa shape index (κ1) is 12.2. The standard InChI is InChI=1S/C21H15/c1-3-9-16(10-4-1)20-15-18-13-7-8-14-19(18)21(20)17-11-5-2-6-12-17/h1-6,8-14H,15H2. The Morgan fingerprint density at radius 3 is 2.10 bits per heavy atom. The Kier molecular flexibility index (Phi) is 2.93. The number of hydrogen-bond acceptors (Lipinski definition) is 0. The summed E-state index contributed by atoms with van der Waals surface area (Å²) in [4.78, 5) is 0. The van der Waals surface area contributed by atoms with Gasteiger partial charge < -0.3 is 0 Å². The van der Waals surface area contributed by atoms with E-state index in [4.69, 9.17) is 0 Å². The third-order valence-corrected chi connectivity index (χ3v) is 4.07. The van der Waals surface area contributed by atoms with Gasteiger partial charge in [-0.3, -0.25) is 0 Å². The molecule has 0 spiro atoms. The number of fused-ring (bicyclic) bond motifs is 1. The molecule has 0 aromatic heterocycles. The first-order valence-corrected chi connectivity index (χ1v) is 7.27. The predicted molar refractivity (Wildman–Crippen MR) is 87.8 cm³/mol. The van der Waals surface area contributed by atoms with Crippen molar-refractivity contribution in [1.82, 2.24) is 0 Å². The van der Waals surface area contributed by atoms with E-state index in [1.807, 2.05) is 6.07 Å². The minimum atomic E-state index is 0.987. The van der Waals surface area contributed by atoms with Crippen LogP contribution in [-0.4, -0.2) is 0 Å². The first-order valence-electron chi connectivity index (χ1n) is 7.27. The lowest BCUT2D eigenvalue weighted by Gasteiger charge is -2.09. The van der Waals surface area contributed by atoms with Crippen LogP contribution in [-0.2, 0) is 6.42 Å². The maximum Gasteiger partial charge on any atom is -0.000706 e. The van der Waals surface area contributed by atoms with E-state index in [9.17, 15) is 0 Å². The van der Waals surface area contributed by atoms with Crippen LogP contribution in [0.2, 0.25) is 0 Å². The Morgan fingerprint density at radius 1 is 0.714 bits per heavy atom. The fourth-order valence-corrected chi connectivity index (χ4v) is 3.12. The SMILES string of the molecule is [c]1ccc2c(c1)CC(c1ccccc1)=C2c1ccccc1. The van der Waals surface area contributed by atoms with Crippen LogP contribution in [0, 0.1) is 6.07 Å². The van der Waals surface area contributed by atoms with Gasteiger partial charge in [0, 0.05) is 0 Å². The quantitative estimate of drug-likeness (QED) is 0.613. The van der Waals surface area contributed by atoms with Gasteiger partial charge in [-0.2, -0.15) is 0 Å². The van der Waals surface area contributed by atoms with Crippen molar-refractivity contribution in [2.45, 2.75) is 6.42 Å². The minimum Gasteiger partial charge on any atom is -0.0622 e. The molecular formula is C21H15. The molecule has 0 heteroatoms. The van der Waals surface area contributed by atoms with E-state index in [1.165, 1.54) is 33.4 Å². The van der Waals surface area contributed by atoms with Gasteiger partial charge >= 0.3 is 0 Å². The van der Waals surface area contributed by atoms with Gasteiger partial charge in [-0.05, 0) is 45.9 Å². The second-order valence-corrected chi connectivity index (χ2v) is 5.35. The topological polar surface area (TPSA) is 0 Å². The van der Waals surface area contributed by atoms with E-state index < -0.39 is 0 Å². The van der Waals surface area contributed by atoms with Crippen molar-refractivity contribution in [3.63, 3.8) is 0 Å². The van der Waals surface area contributed by atoms with Gasteiger partial charge in [-0.25, -0.2) is 0 Å². The Labute approximate surface area is 125 Å². The summed E-state index contributed by atoms with van der Waals surface area (Å²) in [5.41, 5.74) is 8.10. The zero-order chi connectivity index (χ0) is 14.1. The maximum atomic E-state index is 3.21. The van der Waals surface area contributed by atoms with E-state index >= 15 is 0 Å². The Bertz CT molecular complexity index is 796. The monoisotopic (exact) mass is 267 g/mol.